The number of carbonyl (C=O) groups excluding carboxylic acids is 1. The molecule has 4 rings (SSSR count). The van der Waals surface area contributed by atoms with Crippen LogP contribution in [0.15, 0.2) is 51.9 Å². The molecule has 0 aliphatic heterocycles. The Morgan fingerprint density at radius 3 is 2.77 bits per heavy atom. The molecular formula is C22H24BrN5OS2. The SMILES string of the molecule is C=CCn1c(SCC(=O)Nc2nc(-c3ccc(Br)cc3)cs2)nnc1C1CCCCC1. The van der Waals surface area contributed by atoms with E-state index in [1.165, 1.54) is 42.4 Å². The molecule has 0 unspecified atom stereocenters. The molecule has 0 spiro atoms. The summed E-state index contributed by atoms with van der Waals surface area (Å²) in [6.45, 7) is 4.53. The Hall–Kier alpha value is -1.97. The second kappa shape index (κ2) is 10.6. The minimum absolute atomic E-state index is 0.103. The van der Waals surface area contributed by atoms with Crippen molar-refractivity contribution in [3.8, 4) is 11.3 Å². The molecule has 162 valence electrons. The number of aromatic nitrogens is 4. The molecule has 1 aliphatic rings. The number of nitrogens with zero attached hydrogens (tertiary/aromatic N) is 4. The van der Waals surface area contributed by atoms with Crippen molar-refractivity contribution in [2.24, 2.45) is 0 Å². The molecule has 1 aliphatic carbocycles. The lowest BCUT2D eigenvalue weighted by atomic mass is 9.89. The maximum absolute atomic E-state index is 12.5. The van der Waals surface area contributed by atoms with Crippen LogP contribution in [-0.2, 0) is 11.3 Å². The van der Waals surface area contributed by atoms with Gasteiger partial charge in [-0.05, 0) is 25.0 Å². The van der Waals surface area contributed by atoms with Crippen LogP contribution >= 0.6 is 39.0 Å². The average Bonchev–Trinajstić information content (AvgIpc) is 3.41. The average molecular weight is 519 g/mol. The largest absolute Gasteiger partial charge is 0.302 e. The Balaban J connectivity index is 1.37. The van der Waals surface area contributed by atoms with Gasteiger partial charge in [-0.15, -0.1) is 28.1 Å². The number of hydrogen-bond acceptors (Lipinski definition) is 6. The number of nitrogens with one attached hydrogen (secondary N) is 1. The molecule has 0 atom stereocenters. The van der Waals surface area contributed by atoms with Crippen molar-refractivity contribution in [1.29, 1.82) is 0 Å². The van der Waals surface area contributed by atoms with Gasteiger partial charge >= 0.3 is 0 Å². The van der Waals surface area contributed by atoms with Gasteiger partial charge in [-0.3, -0.25) is 4.79 Å². The van der Waals surface area contributed by atoms with Crippen LogP contribution in [0, 0.1) is 0 Å². The van der Waals surface area contributed by atoms with Crippen molar-refractivity contribution < 1.29 is 4.79 Å². The smallest absolute Gasteiger partial charge is 0.236 e. The fourth-order valence-electron chi connectivity index (χ4n) is 3.74. The molecule has 1 fully saturated rings. The summed E-state index contributed by atoms with van der Waals surface area (Å²) >= 11 is 6.26. The van der Waals surface area contributed by atoms with Crippen molar-refractivity contribution in [2.75, 3.05) is 11.1 Å². The highest BCUT2D eigenvalue weighted by Gasteiger charge is 2.23. The van der Waals surface area contributed by atoms with Gasteiger partial charge in [0, 0.05) is 27.9 Å². The summed E-state index contributed by atoms with van der Waals surface area (Å²) in [4.78, 5) is 17.0. The molecule has 1 amide bonds. The summed E-state index contributed by atoms with van der Waals surface area (Å²) in [6, 6.07) is 7.95. The monoisotopic (exact) mass is 517 g/mol. The van der Waals surface area contributed by atoms with Gasteiger partial charge in [0.1, 0.15) is 5.82 Å². The second-order valence-electron chi connectivity index (χ2n) is 7.46. The minimum atomic E-state index is -0.103. The number of benzene rings is 1. The van der Waals surface area contributed by atoms with E-state index in [0.717, 1.165) is 39.6 Å². The number of anilines is 1. The standard InChI is InChI=1S/C22H24BrN5OS2/c1-2-12-28-20(16-6-4-3-5-7-16)26-27-22(28)31-14-19(29)25-21-24-18(13-30-21)15-8-10-17(23)11-9-15/h2,8-11,13,16H,1,3-7,12,14H2,(H,24,25,29). The van der Waals surface area contributed by atoms with Crippen LogP contribution in [0.25, 0.3) is 11.3 Å². The van der Waals surface area contributed by atoms with Gasteiger partial charge in [-0.25, -0.2) is 4.98 Å². The van der Waals surface area contributed by atoms with Crippen molar-refractivity contribution in [3.63, 3.8) is 0 Å². The molecule has 9 heteroatoms. The first-order chi connectivity index (χ1) is 15.1. The first kappa shape index (κ1) is 22.2. The van der Waals surface area contributed by atoms with Crippen LogP contribution in [0.4, 0.5) is 5.13 Å². The zero-order chi connectivity index (χ0) is 21.6. The van der Waals surface area contributed by atoms with E-state index < -0.39 is 0 Å². The van der Waals surface area contributed by atoms with Gasteiger partial charge in [0.15, 0.2) is 10.3 Å². The summed E-state index contributed by atoms with van der Waals surface area (Å²) < 4.78 is 3.13. The minimum Gasteiger partial charge on any atom is -0.302 e. The van der Waals surface area contributed by atoms with E-state index in [0.29, 0.717) is 17.6 Å². The van der Waals surface area contributed by atoms with Gasteiger partial charge < -0.3 is 9.88 Å². The van der Waals surface area contributed by atoms with E-state index in [-0.39, 0.29) is 11.7 Å². The van der Waals surface area contributed by atoms with Crippen LogP contribution in [0.2, 0.25) is 0 Å². The van der Waals surface area contributed by atoms with Gasteiger partial charge in [-0.2, -0.15) is 0 Å². The first-order valence-corrected chi connectivity index (χ1v) is 13.0. The van der Waals surface area contributed by atoms with Crippen molar-refractivity contribution >= 4 is 50.1 Å². The number of rotatable bonds is 8. The van der Waals surface area contributed by atoms with Crippen molar-refractivity contribution in [2.45, 2.75) is 49.7 Å². The third-order valence-corrected chi connectivity index (χ3v) is 7.50. The lowest BCUT2D eigenvalue weighted by molar-refractivity contribution is -0.113. The lowest BCUT2D eigenvalue weighted by Crippen LogP contribution is -2.15. The van der Waals surface area contributed by atoms with Crippen LogP contribution in [-0.4, -0.2) is 31.4 Å². The van der Waals surface area contributed by atoms with Gasteiger partial charge in [-0.1, -0.05) is 65.2 Å². The van der Waals surface area contributed by atoms with Crippen LogP contribution in [0.1, 0.15) is 43.8 Å². The summed E-state index contributed by atoms with van der Waals surface area (Å²) in [6.07, 6.45) is 7.96. The molecule has 0 radical (unpaired) electrons. The third kappa shape index (κ3) is 5.64. The van der Waals surface area contributed by atoms with Gasteiger partial charge in [0.25, 0.3) is 0 Å². The molecule has 2 heterocycles. The molecule has 1 aromatic carbocycles. The predicted molar refractivity (Wildman–Crippen MR) is 131 cm³/mol. The number of halogens is 1. The summed E-state index contributed by atoms with van der Waals surface area (Å²) in [5.74, 6) is 1.64. The zero-order valence-electron chi connectivity index (χ0n) is 17.1. The Kier molecular flexibility index (Phi) is 7.58. The highest BCUT2D eigenvalue weighted by Crippen LogP contribution is 2.33. The van der Waals surface area contributed by atoms with E-state index in [1.807, 2.05) is 35.7 Å². The van der Waals surface area contributed by atoms with Crippen molar-refractivity contribution in [3.05, 3.63) is 52.6 Å². The van der Waals surface area contributed by atoms with Gasteiger partial charge in [0.2, 0.25) is 5.91 Å². The number of amides is 1. The lowest BCUT2D eigenvalue weighted by Gasteiger charge is -2.21. The highest BCUT2D eigenvalue weighted by atomic mass is 79.9. The fraction of sp³-hybridized carbons (Fsp3) is 0.364. The zero-order valence-corrected chi connectivity index (χ0v) is 20.3. The third-order valence-electron chi connectivity index (χ3n) is 5.25. The van der Waals surface area contributed by atoms with Crippen LogP contribution < -0.4 is 5.32 Å². The van der Waals surface area contributed by atoms with Crippen LogP contribution in [0.3, 0.4) is 0 Å². The number of hydrogen-bond donors (Lipinski definition) is 1. The normalized spacial score (nSPS) is 14.5. The molecule has 31 heavy (non-hydrogen) atoms. The molecular weight excluding hydrogens is 494 g/mol. The molecule has 3 aromatic rings. The van der Waals surface area contributed by atoms with Crippen molar-refractivity contribution in [1.82, 2.24) is 19.7 Å². The van der Waals surface area contributed by atoms with E-state index >= 15 is 0 Å². The van der Waals surface area contributed by atoms with E-state index in [9.17, 15) is 4.79 Å². The summed E-state index contributed by atoms with van der Waals surface area (Å²) in [5, 5.41) is 15.0. The summed E-state index contributed by atoms with van der Waals surface area (Å²) in [5.41, 5.74) is 1.87. The Labute approximate surface area is 198 Å². The maximum Gasteiger partial charge on any atom is 0.236 e. The first-order valence-electron chi connectivity index (χ1n) is 10.3. The molecule has 2 aromatic heterocycles. The molecule has 1 N–H and O–H groups in total. The maximum atomic E-state index is 12.5. The van der Waals surface area contributed by atoms with E-state index in [1.54, 1.807) is 0 Å². The number of thiazole rings is 1. The van der Waals surface area contributed by atoms with Gasteiger partial charge in [0.05, 0.1) is 11.4 Å². The Bertz CT molecular complexity index is 1040. The highest BCUT2D eigenvalue weighted by molar-refractivity contribution is 9.10. The quantitative estimate of drug-likeness (QED) is 0.287. The fourth-order valence-corrected chi connectivity index (χ4v) is 5.50. The Morgan fingerprint density at radius 2 is 2.03 bits per heavy atom. The predicted octanol–water partition coefficient (Wildman–Crippen LogP) is 6.13. The number of thioether (sulfide) groups is 1. The topological polar surface area (TPSA) is 72.7 Å². The Morgan fingerprint density at radius 1 is 1.26 bits per heavy atom. The molecule has 1 saturated carbocycles. The van der Waals surface area contributed by atoms with Crippen LogP contribution in [0.5, 0.6) is 0 Å². The summed E-state index contributed by atoms with van der Waals surface area (Å²) in [7, 11) is 0. The van der Waals surface area contributed by atoms with E-state index in [2.05, 4.69) is 47.6 Å². The number of carbonyl (C=O) groups is 1. The molecule has 0 bridgehead atoms. The molecule has 0 saturated heterocycles. The second-order valence-corrected chi connectivity index (χ2v) is 10.2. The molecule has 6 nitrogen and oxygen atoms in total. The number of allylic oxidation sites excluding steroid dienone is 1. The van der Waals surface area contributed by atoms with E-state index in [4.69, 9.17) is 0 Å².